The quantitative estimate of drug-likeness (QED) is 0.366. The largest absolute Gasteiger partial charge is 0.355 e. The first-order valence-electron chi connectivity index (χ1n) is 12.8. The summed E-state index contributed by atoms with van der Waals surface area (Å²) in [6, 6.07) is 14.4. The van der Waals surface area contributed by atoms with Crippen molar-refractivity contribution in [2.75, 3.05) is 36.4 Å². The third-order valence-electron chi connectivity index (χ3n) is 6.89. The minimum atomic E-state index is 0.376. The van der Waals surface area contributed by atoms with Crippen molar-refractivity contribution in [3.63, 3.8) is 0 Å². The smallest absolute Gasteiger partial charge is 0.227 e. The first-order valence-corrected chi connectivity index (χ1v) is 12.8. The Morgan fingerprint density at radius 3 is 2.73 bits per heavy atom. The van der Waals surface area contributed by atoms with E-state index >= 15 is 0 Å². The summed E-state index contributed by atoms with van der Waals surface area (Å²) in [6.45, 7) is 8.32. The summed E-state index contributed by atoms with van der Waals surface area (Å²) in [5, 5.41) is 13.7. The Kier molecular flexibility index (Phi) is 6.13. The number of anilines is 3. The van der Waals surface area contributed by atoms with Gasteiger partial charge in [0.05, 0.1) is 16.7 Å². The summed E-state index contributed by atoms with van der Waals surface area (Å²) >= 11 is 0. The van der Waals surface area contributed by atoms with Gasteiger partial charge in [-0.15, -0.1) is 0 Å². The van der Waals surface area contributed by atoms with Crippen LogP contribution in [0.1, 0.15) is 31.9 Å². The van der Waals surface area contributed by atoms with E-state index in [4.69, 9.17) is 4.98 Å². The summed E-state index contributed by atoms with van der Waals surface area (Å²) in [7, 11) is 2.00. The fourth-order valence-electron chi connectivity index (χ4n) is 5.20. The molecule has 188 valence electrons. The van der Waals surface area contributed by atoms with Crippen molar-refractivity contribution < 1.29 is 0 Å². The van der Waals surface area contributed by atoms with Gasteiger partial charge in [-0.3, -0.25) is 4.68 Å². The van der Waals surface area contributed by atoms with Crippen molar-refractivity contribution in [1.29, 1.82) is 0 Å². The van der Waals surface area contributed by atoms with Gasteiger partial charge >= 0.3 is 0 Å². The van der Waals surface area contributed by atoms with Crippen molar-refractivity contribution in [2.24, 2.45) is 7.05 Å². The predicted molar refractivity (Wildman–Crippen MR) is 148 cm³/mol. The van der Waals surface area contributed by atoms with Crippen LogP contribution in [0.4, 0.5) is 17.5 Å². The van der Waals surface area contributed by atoms with Crippen LogP contribution in [0.25, 0.3) is 33.1 Å². The number of hydrogen-bond acceptors (Lipinski definition) is 8. The minimum absolute atomic E-state index is 0.376. The molecule has 9 nitrogen and oxygen atoms in total. The molecular formula is C28H31N9. The summed E-state index contributed by atoms with van der Waals surface area (Å²) in [5.74, 6) is 1.91. The van der Waals surface area contributed by atoms with Gasteiger partial charge in [0, 0.05) is 60.6 Å². The molecule has 6 rings (SSSR count). The van der Waals surface area contributed by atoms with Crippen LogP contribution in [0.2, 0.25) is 0 Å². The fourth-order valence-corrected chi connectivity index (χ4v) is 5.20. The average molecular weight is 494 g/mol. The lowest BCUT2D eigenvalue weighted by Gasteiger charge is -2.22. The molecule has 1 aliphatic rings. The zero-order valence-corrected chi connectivity index (χ0v) is 21.4. The summed E-state index contributed by atoms with van der Waals surface area (Å²) < 4.78 is 1.98. The van der Waals surface area contributed by atoms with Gasteiger partial charge in [0.25, 0.3) is 0 Å². The molecule has 0 atom stereocenters. The van der Waals surface area contributed by atoms with Crippen molar-refractivity contribution in [3.8, 4) is 11.3 Å². The van der Waals surface area contributed by atoms with Crippen LogP contribution < -0.4 is 15.5 Å². The number of nitrogens with one attached hydrogen (secondary N) is 2. The first kappa shape index (κ1) is 23.3. The molecule has 0 aliphatic carbocycles. The lowest BCUT2D eigenvalue weighted by molar-refractivity contribution is 0.677. The highest BCUT2D eigenvalue weighted by Gasteiger charge is 2.16. The highest BCUT2D eigenvalue weighted by Crippen LogP contribution is 2.30. The van der Waals surface area contributed by atoms with Crippen LogP contribution in [0.15, 0.2) is 55.0 Å². The molecule has 0 bridgehead atoms. The molecular weight excluding hydrogens is 462 g/mol. The van der Waals surface area contributed by atoms with E-state index in [0.29, 0.717) is 11.9 Å². The van der Waals surface area contributed by atoms with Crippen LogP contribution in [0.3, 0.4) is 0 Å². The fraction of sp³-hybridized carbons (Fsp3) is 0.321. The van der Waals surface area contributed by atoms with Crippen LogP contribution in [-0.4, -0.2) is 55.9 Å². The number of aromatic nitrogens is 6. The van der Waals surface area contributed by atoms with Crippen LogP contribution in [0, 0.1) is 0 Å². The Bertz CT molecular complexity index is 1570. The summed E-state index contributed by atoms with van der Waals surface area (Å²) in [5.41, 5.74) is 5.89. The lowest BCUT2D eigenvalue weighted by Crippen LogP contribution is -2.28. The molecule has 0 spiro atoms. The van der Waals surface area contributed by atoms with Gasteiger partial charge < -0.3 is 15.5 Å². The number of aryl methyl sites for hydroxylation is 1. The van der Waals surface area contributed by atoms with Crippen molar-refractivity contribution in [3.05, 3.63) is 60.7 Å². The number of hydrogen-bond donors (Lipinski definition) is 2. The number of rotatable bonds is 5. The Hall–Kier alpha value is -4.11. The number of benzene rings is 2. The van der Waals surface area contributed by atoms with Gasteiger partial charge in [0.1, 0.15) is 12.1 Å². The predicted octanol–water partition coefficient (Wildman–Crippen LogP) is 4.64. The summed E-state index contributed by atoms with van der Waals surface area (Å²) in [4.78, 5) is 20.8. The third kappa shape index (κ3) is 4.58. The van der Waals surface area contributed by atoms with Gasteiger partial charge in [-0.1, -0.05) is 19.9 Å². The molecule has 0 saturated carbocycles. The number of nitrogens with zero attached hydrogens (tertiary/aromatic N) is 7. The topological polar surface area (TPSA) is 96.7 Å². The van der Waals surface area contributed by atoms with Crippen molar-refractivity contribution in [2.45, 2.75) is 26.2 Å². The average Bonchev–Trinajstić information content (AvgIpc) is 3.04. The zero-order chi connectivity index (χ0) is 25.4. The van der Waals surface area contributed by atoms with Gasteiger partial charge in [0.2, 0.25) is 5.95 Å². The molecule has 2 N–H and O–H groups in total. The van der Waals surface area contributed by atoms with E-state index in [0.717, 1.165) is 77.2 Å². The maximum absolute atomic E-state index is 4.81. The number of fused-ring (bicyclic) bond motifs is 2. The van der Waals surface area contributed by atoms with Crippen LogP contribution in [0.5, 0.6) is 0 Å². The Balaban J connectivity index is 1.29. The van der Waals surface area contributed by atoms with E-state index < -0.39 is 0 Å². The molecule has 0 amide bonds. The molecule has 1 aliphatic heterocycles. The van der Waals surface area contributed by atoms with E-state index in [9.17, 15) is 0 Å². The molecule has 4 heterocycles. The maximum Gasteiger partial charge on any atom is 0.227 e. The monoisotopic (exact) mass is 493 g/mol. The molecule has 3 aromatic heterocycles. The van der Waals surface area contributed by atoms with Crippen LogP contribution in [-0.2, 0) is 7.05 Å². The second-order valence-corrected chi connectivity index (χ2v) is 9.81. The second-order valence-electron chi connectivity index (χ2n) is 9.81. The lowest BCUT2D eigenvalue weighted by atomic mass is 10.0. The van der Waals surface area contributed by atoms with Gasteiger partial charge in [-0.05, 0) is 55.3 Å². The molecule has 1 saturated heterocycles. The zero-order valence-electron chi connectivity index (χ0n) is 21.4. The molecule has 1 fully saturated rings. The third-order valence-corrected chi connectivity index (χ3v) is 6.89. The molecule has 0 unspecified atom stereocenters. The van der Waals surface area contributed by atoms with Crippen molar-refractivity contribution >= 4 is 39.3 Å². The van der Waals surface area contributed by atoms with E-state index in [1.54, 1.807) is 12.5 Å². The molecule has 9 heteroatoms. The van der Waals surface area contributed by atoms with Gasteiger partial charge in [0.15, 0.2) is 0 Å². The van der Waals surface area contributed by atoms with E-state index in [1.165, 1.54) is 5.69 Å². The standard InChI is InChI=1S/C28H31N9/c1-18(2)26-22-15-19(5-8-24(22)35-36(26)3)23-9-11-30-28(34-23)33-20-6-7-21-25(16-20)31-17-32-27(21)37-13-4-10-29-12-14-37/h5-9,11,15-18,29H,4,10,12-14H2,1-3H3,(H,30,33,34). The highest BCUT2D eigenvalue weighted by atomic mass is 15.3. The maximum atomic E-state index is 4.81. The molecule has 2 aromatic carbocycles. The Labute approximate surface area is 216 Å². The van der Waals surface area contributed by atoms with Crippen molar-refractivity contribution in [1.82, 2.24) is 35.0 Å². The minimum Gasteiger partial charge on any atom is -0.355 e. The van der Waals surface area contributed by atoms with Crippen LogP contribution >= 0.6 is 0 Å². The second kappa shape index (κ2) is 9.74. The Morgan fingerprint density at radius 1 is 0.919 bits per heavy atom. The van der Waals surface area contributed by atoms with E-state index in [-0.39, 0.29) is 0 Å². The van der Waals surface area contributed by atoms with E-state index in [1.807, 2.05) is 29.9 Å². The molecule has 5 aromatic rings. The SMILES string of the molecule is CC(C)c1c2cc(-c3ccnc(Nc4ccc5c(N6CCCNCC6)ncnc5c4)n3)ccc2nn1C. The van der Waals surface area contributed by atoms with Gasteiger partial charge in [-0.2, -0.15) is 5.10 Å². The van der Waals surface area contributed by atoms with Gasteiger partial charge in [-0.25, -0.2) is 19.9 Å². The highest BCUT2D eigenvalue weighted by molar-refractivity contribution is 5.92. The Morgan fingerprint density at radius 2 is 1.84 bits per heavy atom. The molecule has 37 heavy (non-hydrogen) atoms. The summed E-state index contributed by atoms with van der Waals surface area (Å²) in [6.07, 6.45) is 4.54. The normalized spacial score (nSPS) is 14.4. The first-order chi connectivity index (χ1) is 18.1. The molecule has 0 radical (unpaired) electrons. The van der Waals surface area contributed by atoms with E-state index in [2.05, 4.69) is 73.7 Å².